The molecule has 0 aliphatic rings. The zero-order valence-corrected chi connectivity index (χ0v) is 29.0. The maximum absolute atomic E-state index is 12.5. The number of nitro groups is 1. The van der Waals surface area contributed by atoms with Crippen LogP contribution in [0.25, 0.3) is 16.5 Å². The Morgan fingerprint density at radius 3 is 1.60 bits per heavy atom. The number of nitrogens with zero attached hydrogens (tertiary/aromatic N) is 7. The van der Waals surface area contributed by atoms with Crippen LogP contribution in [-0.4, -0.2) is 32.9 Å². The second-order valence-corrected chi connectivity index (χ2v) is 12.0. The Morgan fingerprint density at radius 2 is 1.15 bits per heavy atom. The quantitative estimate of drug-likeness (QED) is 0.112. The van der Waals surface area contributed by atoms with E-state index in [-0.39, 0.29) is 50.7 Å². The van der Waals surface area contributed by atoms with Crippen LogP contribution in [-0.2, 0) is 27.4 Å². The molecule has 0 unspecified atom stereocenters. The van der Waals surface area contributed by atoms with E-state index in [2.05, 4.69) is 30.7 Å². The maximum Gasteiger partial charge on any atom is 3.00 e. The number of rotatable bonds is 8. The Hall–Kier alpha value is -6.46. The van der Waals surface area contributed by atoms with Gasteiger partial charge in [0, 0.05) is 12.1 Å². The summed E-state index contributed by atoms with van der Waals surface area (Å²) in [6.45, 7) is 3.28. The molecule has 0 saturated heterocycles. The van der Waals surface area contributed by atoms with E-state index < -0.39 is 37.6 Å². The zero-order valence-electron chi connectivity index (χ0n) is 27.0. The van der Waals surface area contributed by atoms with Gasteiger partial charge in [-0.3, -0.25) is 29.9 Å². The van der Waals surface area contributed by atoms with Gasteiger partial charge in [0.15, 0.2) is 11.4 Å². The SMILES string of the molecule is Cc1[nH]n(-c2ccccc2)c(=O)c1N=Nc1cc(S([NH-])(=O)=O)ccc1[O-].Cc1[nH]n(-c2ccccc2)c(=O)c1N=Nc1ccc([N+](=O)[O-])cc1[O-].[Cr+3]. The number of nitrogens with one attached hydrogen (secondary N) is 3. The van der Waals surface area contributed by atoms with Gasteiger partial charge in [-0.1, -0.05) is 54.0 Å². The third-order valence-corrected chi connectivity index (χ3v) is 7.89. The third kappa shape index (κ3) is 8.63. The van der Waals surface area contributed by atoms with Gasteiger partial charge in [0.25, 0.3) is 16.8 Å². The summed E-state index contributed by atoms with van der Waals surface area (Å²) in [4.78, 5) is 34.5. The molecule has 0 spiro atoms. The van der Waals surface area contributed by atoms with Crippen LogP contribution in [0.2, 0.25) is 0 Å². The predicted molar refractivity (Wildman–Crippen MR) is 181 cm³/mol. The average molecular weight is 762 g/mol. The van der Waals surface area contributed by atoms with Gasteiger partial charge in [-0.25, -0.2) is 17.8 Å². The van der Waals surface area contributed by atoms with Gasteiger partial charge >= 0.3 is 17.4 Å². The van der Waals surface area contributed by atoms with Gasteiger partial charge in [0.1, 0.15) is 0 Å². The average Bonchev–Trinajstić information content (AvgIpc) is 3.56. The fourth-order valence-corrected chi connectivity index (χ4v) is 4.99. The van der Waals surface area contributed by atoms with Gasteiger partial charge < -0.3 is 15.4 Å². The molecule has 0 fully saturated rings. The number of aryl methyl sites for hydroxylation is 2. The van der Waals surface area contributed by atoms with Crippen molar-refractivity contribution in [1.82, 2.24) is 19.6 Å². The van der Waals surface area contributed by atoms with Crippen LogP contribution in [0, 0.1) is 24.0 Å². The standard InChI is InChI=1S/C16H15N5O4S.C16H13N5O4.Cr/c1-10-15(16(23)21(20-10)11-5-3-2-4-6-11)19-18-13-9-12(26(17,24)25)7-8-14(13)22;1-10-15(16(23)20(19-10)11-5-3-2-4-6-11)18-17-13-8-7-12(21(24)25)9-14(13)22;/h2-9H,1H3,(H4,17,18,19,20,22,23,24,25);2-9,19,22H,1H3;/q;;+3/p-3. The Kier molecular flexibility index (Phi) is 11.8. The van der Waals surface area contributed by atoms with Crippen molar-refractivity contribution in [1.29, 1.82) is 0 Å². The van der Waals surface area contributed by atoms with Gasteiger partial charge in [-0.15, -0.1) is 10.2 Å². The number of aromatic amines is 2. The first-order valence-electron chi connectivity index (χ1n) is 14.6. The van der Waals surface area contributed by atoms with Crippen molar-refractivity contribution in [3.63, 3.8) is 0 Å². The number of nitro benzene ring substituents is 1. The summed E-state index contributed by atoms with van der Waals surface area (Å²) in [5.74, 6) is -1.22. The maximum atomic E-state index is 12.5. The third-order valence-electron chi connectivity index (χ3n) is 7.02. The second kappa shape index (κ2) is 16.0. The molecule has 0 bridgehead atoms. The van der Waals surface area contributed by atoms with Crippen molar-refractivity contribution in [2.24, 2.45) is 20.5 Å². The number of azo groups is 2. The van der Waals surface area contributed by atoms with Crippen LogP contribution >= 0.6 is 0 Å². The smallest absolute Gasteiger partial charge is 0.871 e. The number of hydrogen-bond acceptors (Lipinski definition) is 12. The van der Waals surface area contributed by atoms with Crippen LogP contribution < -0.4 is 21.3 Å². The van der Waals surface area contributed by atoms with Crippen molar-refractivity contribution >= 4 is 38.5 Å². The molecular weight excluding hydrogens is 736 g/mol. The fraction of sp³-hybridized carbons (Fsp3) is 0.0625. The largest absolute Gasteiger partial charge is 3.00 e. The summed E-state index contributed by atoms with van der Waals surface area (Å²) in [6, 6.07) is 23.9. The molecule has 263 valence electrons. The van der Waals surface area contributed by atoms with Gasteiger partial charge in [-0.05, 0) is 56.3 Å². The summed E-state index contributed by atoms with van der Waals surface area (Å²) in [7, 11) is -4.24. The summed E-state index contributed by atoms with van der Waals surface area (Å²) in [5.41, 5.74) is 0.636. The molecule has 18 nitrogen and oxygen atoms in total. The Balaban J connectivity index is 0.000000228. The van der Waals surface area contributed by atoms with Crippen molar-refractivity contribution in [2.75, 3.05) is 0 Å². The van der Waals surface area contributed by atoms with E-state index in [0.29, 0.717) is 22.8 Å². The minimum Gasteiger partial charge on any atom is -0.871 e. The van der Waals surface area contributed by atoms with Crippen LogP contribution in [0.5, 0.6) is 11.5 Å². The van der Waals surface area contributed by atoms with Crippen molar-refractivity contribution in [2.45, 2.75) is 18.7 Å². The van der Waals surface area contributed by atoms with E-state index in [1.165, 1.54) is 15.4 Å². The summed E-state index contributed by atoms with van der Waals surface area (Å²) in [6.07, 6.45) is 0. The minimum absolute atomic E-state index is 0. The summed E-state index contributed by atoms with van der Waals surface area (Å²) >= 11 is 0. The van der Waals surface area contributed by atoms with Crippen molar-refractivity contribution < 1.29 is 40.9 Å². The van der Waals surface area contributed by atoms with Crippen molar-refractivity contribution in [3.8, 4) is 22.9 Å². The molecule has 0 aliphatic carbocycles. The second-order valence-electron chi connectivity index (χ2n) is 10.6. The van der Waals surface area contributed by atoms with Crippen LogP contribution in [0.3, 0.4) is 0 Å². The van der Waals surface area contributed by atoms with Crippen LogP contribution in [0.4, 0.5) is 28.4 Å². The first-order valence-corrected chi connectivity index (χ1v) is 16.1. The number of para-hydroxylation sites is 2. The van der Waals surface area contributed by atoms with E-state index in [1.807, 2.05) is 12.1 Å². The number of hydrogen-bond donors (Lipinski definition) is 2. The minimum atomic E-state index is -4.24. The molecular formula is C32H25CrN10O8S. The number of benzene rings is 4. The number of sulfonamides is 1. The topological polar surface area (TPSA) is 272 Å². The zero-order chi connectivity index (χ0) is 36.9. The molecule has 4 aromatic carbocycles. The molecule has 20 heteroatoms. The number of non-ortho nitro benzene ring substituents is 1. The molecule has 0 atom stereocenters. The first-order chi connectivity index (χ1) is 24.2. The fourth-order valence-electron chi connectivity index (χ4n) is 4.48. The van der Waals surface area contributed by atoms with Crippen molar-refractivity contribution in [3.05, 3.63) is 144 Å². The molecule has 3 N–H and O–H groups in total. The summed E-state index contributed by atoms with van der Waals surface area (Å²) < 4.78 is 25.1. The molecule has 52 heavy (non-hydrogen) atoms. The molecule has 1 radical (unpaired) electrons. The molecule has 6 rings (SSSR count). The molecule has 0 aliphatic heterocycles. The molecule has 2 heterocycles. The number of H-pyrrole nitrogens is 2. The first kappa shape index (κ1) is 38.3. The van der Waals surface area contributed by atoms with E-state index >= 15 is 0 Å². The Labute approximate surface area is 304 Å². The van der Waals surface area contributed by atoms with Gasteiger partial charge in [0.05, 0.1) is 54.0 Å². The monoisotopic (exact) mass is 761 g/mol. The van der Waals surface area contributed by atoms with Gasteiger partial charge in [0.2, 0.25) is 0 Å². The van der Waals surface area contributed by atoms with Crippen LogP contribution in [0.15, 0.2) is 132 Å². The van der Waals surface area contributed by atoms with E-state index in [9.17, 15) is 38.3 Å². The number of aromatic nitrogens is 4. The van der Waals surface area contributed by atoms with Gasteiger partial charge in [-0.2, -0.15) is 10.2 Å². The predicted octanol–water partition coefficient (Wildman–Crippen LogP) is 5.57. The van der Waals surface area contributed by atoms with E-state index in [1.54, 1.807) is 62.4 Å². The Bertz CT molecular complexity index is 2530. The molecule has 2 aromatic heterocycles. The van der Waals surface area contributed by atoms with E-state index in [0.717, 1.165) is 30.3 Å². The molecule has 6 aromatic rings. The van der Waals surface area contributed by atoms with E-state index in [4.69, 9.17) is 5.14 Å². The molecule has 0 saturated carbocycles. The normalized spacial score (nSPS) is 11.3. The van der Waals surface area contributed by atoms with Crippen LogP contribution in [0.1, 0.15) is 11.4 Å². The summed E-state index contributed by atoms with van der Waals surface area (Å²) in [5, 5.41) is 62.2. The Morgan fingerprint density at radius 1 is 0.673 bits per heavy atom. The molecule has 0 amide bonds.